The number of azide groups is 1. The monoisotopic (exact) mass is 320 g/mol. The van der Waals surface area contributed by atoms with E-state index in [0.717, 1.165) is 0 Å². The molecule has 3 N–H and O–H groups in total. The molecule has 0 saturated carbocycles. The first kappa shape index (κ1) is 15.4. The van der Waals surface area contributed by atoms with Crippen LogP contribution in [0, 0.1) is 0 Å². The summed E-state index contributed by atoms with van der Waals surface area (Å²) in [5, 5.41) is 3.77. The molecule has 0 amide bonds. The molecule has 0 radical (unpaired) electrons. The summed E-state index contributed by atoms with van der Waals surface area (Å²) >= 11 is 0. The van der Waals surface area contributed by atoms with E-state index >= 15 is 0 Å². The highest BCUT2D eigenvalue weighted by molar-refractivity contribution is 5.81. The van der Waals surface area contributed by atoms with Crippen LogP contribution < -0.4 is 5.73 Å². The lowest BCUT2D eigenvalue weighted by Crippen LogP contribution is -2.36. The predicted molar refractivity (Wildman–Crippen MR) is 79.1 cm³/mol. The SMILES string of the molecule is COC(OC)[C@H]1O[C@@H](c2nc3ncnc(N)c3[nH]2)C[C@@H]1N=[N+]=[N-]. The number of nitrogen functional groups attached to an aromatic ring is 1. The minimum absolute atomic E-state index is 0.307. The number of aromatic nitrogens is 4. The van der Waals surface area contributed by atoms with Crippen LogP contribution in [0.1, 0.15) is 18.3 Å². The Morgan fingerprint density at radius 2 is 2.26 bits per heavy atom. The smallest absolute Gasteiger partial charge is 0.183 e. The van der Waals surface area contributed by atoms with Crippen molar-refractivity contribution >= 4 is 17.0 Å². The Hall–Kier alpha value is -2.46. The molecular formula is C12H16N8O3. The van der Waals surface area contributed by atoms with E-state index in [1.54, 1.807) is 0 Å². The molecule has 1 aliphatic rings. The van der Waals surface area contributed by atoms with E-state index in [9.17, 15) is 0 Å². The summed E-state index contributed by atoms with van der Waals surface area (Å²) in [5.41, 5.74) is 15.5. The number of rotatable bonds is 5. The van der Waals surface area contributed by atoms with Crippen molar-refractivity contribution in [3.05, 3.63) is 22.6 Å². The molecule has 3 rings (SSSR count). The van der Waals surface area contributed by atoms with Crippen LogP contribution in [0.4, 0.5) is 5.82 Å². The summed E-state index contributed by atoms with van der Waals surface area (Å²) < 4.78 is 16.4. The van der Waals surface area contributed by atoms with E-state index in [1.165, 1.54) is 20.5 Å². The van der Waals surface area contributed by atoms with Crippen LogP contribution >= 0.6 is 0 Å². The molecule has 2 aromatic rings. The van der Waals surface area contributed by atoms with Gasteiger partial charge in [-0.2, -0.15) is 0 Å². The van der Waals surface area contributed by atoms with Gasteiger partial charge in [0.05, 0.1) is 6.04 Å². The van der Waals surface area contributed by atoms with Gasteiger partial charge in [-0.15, -0.1) is 0 Å². The summed E-state index contributed by atoms with van der Waals surface area (Å²) in [6.07, 6.45) is 0.171. The summed E-state index contributed by atoms with van der Waals surface area (Å²) in [6, 6.07) is -0.438. The van der Waals surface area contributed by atoms with Gasteiger partial charge in [-0.25, -0.2) is 15.0 Å². The molecule has 3 heterocycles. The van der Waals surface area contributed by atoms with Crippen molar-refractivity contribution in [1.82, 2.24) is 19.9 Å². The molecule has 1 saturated heterocycles. The standard InChI is InChI=1S/C12H16N8O3/c1-21-12(22-2)8-5(19-20-14)3-6(23-8)10-17-7-9(13)15-4-16-11(7)18-10/h4-6,8,12H,3H2,1-2H3,(H3,13,15,16,17,18)/t5-,6+,8-/m0/s1. The zero-order valence-electron chi connectivity index (χ0n) is 12.6. The topological polar surface area (TPSA) is 157 Å². The quantitative estimate of drug-likeness (QED) is 0.361. The van der Waals surface area contributed by atoms with Gasteiger partial charge in [0.15, 0.2) is 17.8 Å². The van der Waals surface area contributed by atoms with Crippen LogP contribution in [0.15, 0.2) is 11.4 Å². The first-order chi connectivity index (χ1) is 11.2. The maximum atomic E-state index is 8.74. The summed E-state index contributed by atoms with van der Waals surface area (Å²) in [5.74, 6) is 0.848. The highest BCUT2D eigenvalue weighted by Crippen LogP contribution is 2.36. The molecule has 0 bridgehead atoms. The van der Waals surface area contributed by atoms with Crippen molar-refractivity contribution in [2.75, 3.05) is 20.0 Å². The third-order valence-corrected chi connectivity index (χ3v) is 3.73. The highest BCUT2D eigenvalue weighted by Gasteiger charge is 2.42. The van der Waals surface area contributed by atoms with E-state index < -0.39 is 24.5 Å². The molecule has 2 aromatic heterocycles. The Labute approximate surface area is 130 Å². The van der Waals surface area contributed by atoms with Gasteiger partial charge in [-0.1, -0.05) is 5.11 Å². The van der Waals surface area contributed by atoms with Gasteiger partial charge in [-0.05, 0) is 12.0 Å². The molecule has 0 aromatic carbocycles. The zero-order valence-corrected chi connectivity index (χ0v) is 12.6. The molecule has 0 unspecified atom stereocenters. The Morgan fingerprint density at radius 1 is 1.48 bits per heavy atom. The van der Waals surface area contributed by atoms with Gasteiger partial charge in [-0.3, -0.25) is 0 Å². The molecule has 1 aliphatic heterocycles. The van der Waals surface area contributed by atoms with E-state index in [2.05, 4.69) is 30.0 Å². The van der Waals surface area contributed by atoms with Crippen molar-refractivity contribution < 1.29 is 14.2 Å². The van der Waals surface area contributed by atoms with Crippen molar-refractivity contribution in [3.8, 4) is 0 Å². The first-order valence-electron chi connectivity index (χ1n) is 6.89. The summed E-state index contributed by atoms with van der Waals surface area (Å²) in [6.45, 7) is 0. The summed E-state index contributed by atoms with van der Waals surface area (Å²) in [7, 11) is 2.99. The minimum atomic E-state index is -0.648. The lowest BCUT2D eigenvalue weighted by molar-refractivity contribution is -0.179. The van der Waals surface area contributed by atoms with Crippen molar-refractivity contribution in [2.24, 2.45) is 5.11 Å². The average molecular weight is 320 g/mol. The summed E-state index contributed by atoms with van der Waals surface area (Å²) in [4.78, 5) is 18.3. The number of anilines is 1. The first-order valence-corrected chi connectivity index (χ1v) is 6.89. The van der Waals surface area contributed by atoms with Crippen molar-refractivity contribution in [1.29, 1.82) is 0 Å². The van der Waals surface area contributed by atoms with Crippen LogP contribution in [0.25, 0.3) is 21.6 Å². The molecule has 11 heteroatoms. The van der Waals surface area contributed by atoms with E-state index in [4.69, 9.17) is 25.5 Å². The van der Waals surface area contributed by atoms with E-state index in [-0.39, 0.29) is 0 Å². The zero-order chi connectivity index (χ0) is 16.4. The number of fused-ring (bicyclic) bond motifs is 1. The molecule has 1 fully saturated rings. The van der Waals surface area contributed by atoms with Gasteiger partial charge in [0, 0.05) is 19.1 Å². The number of imidazole rings is 1. The second-order valence-corrected chi connectivity index (χ2v) is 5.02. The number of ether oxygens (including phenoxy) is 3. The number of methoxy groups -OCH3 is 2. The Kier molecular flexibility index (Phi) is 4.26. The number of nitrogens with one attached hydrogen (secondary N) is 1. The van der Waals surface area contributed by atoms with E-state index in [1.807, 2.05) is 0 Å². The van der Waals surface area contributed by atoms with Crippen LogP contribution in [-0.4, -0.2) is 52.6 Å². The third-order valence-electron chi connectivity index (χ3n) is 3.73. The second kappa shape index (κ2) is 6.34. The molecule has 23 heavy (non-hydrogen) atoms. The number of aromatic amines is 1. The highest BCUT2D eigenvalue weighted by atomic mass is 16.7. The molecular weight excluding hydrogens is 304 g/mol. The van der Waals surface area contributed by atoms with Gasteiger partial charge < -0.3 is 24.9 Å². The van der Waals surface area contributed by atoms with Gasteiger partial charge in [0.25, 0.3) is 0 Å². The molecule has 11 nitrogen and oxygen atoms in total. The van der Waals surface area contributed by atoms with Crippen molar-refractivity contribution in [2.45, 2.75) is 31.0 Å². The van der Waals surface area contributed by atoms with Crippen LogP contribution in [0.3, 0.4) is 0 Å². The number of nitrogens with zero attached hydrogens (tertiary/aromatic N) is 6. The molecule has 122 valence electrons. The number of hydrogen-bond donors (Lipinski definition) is 2. The average Bonchev–Trinajstić information content (AvgIpc) is 3.15. The largest absolute Gasteiger partial charge is 0.382 e. The normalized spacial score (nSPS) is 24.2. The fraction of sp³-hybridized carbons (Fsp3) is 0.583. The second-order valence-electron chi connectivity index (χ2n) is 5.02. The van der Waals surface area contributed by atoms with Crippen LogP contribution in [0.2, 0.25) is 0 Å². The Bertz CT molecular complexity index is 739. The van der Waals surface area contributed by atoms with Crippen LogP contribution in [0.5, 0.6) is 0 Å². The fourth-order valence-electron chi connectivity index (χ4n) is 2.67. The number of H-pyrrole nitrogens is 1. The number of hydrogen-bond acceptors (Lipinski definition) is 8. The lowest BCUT2D eigenvalue weighted by atomic mass is 10.1. The molecule has 0 aliphatic carbocycles. The Morgan fingerprint density at radius 3 is 2.91 bits per heavy atom. The van der Waals surface area contributed by atoms with Crippen LogP contribution in [-0.2, 0) is 14.2 Å². The van der Waals surface area contributed by atoms with Gasteiger partial charge in [0.2, 0.25) is 0 Å². The minimum Gasteiger partial charge on any atom is -0.382 e. The predicted octanol–water partition coefficient (Wildman–Crippen LogP) is 1.06. The number of nitrogens with two attached hydrogens (primary N) is 1. The maximum Gasteiger partial charge on any atom is 0.183 e. The fourth-order valence-corrected chi connectivity index (χ4v) is 2.67. The molecule has 0 spiro atoms. The molecule has 3 atom stereocenters. The Balaban J connectivity index is 1.90. The van der Waals surface area contributed by atoms with Crippen molar-refractivity contribution in [3.63, 3.8) is 0 Å². The third kappa shape index (κ3) is 2.78. The van der Waals surface area contributed by atoms with Gasteiger partial charge in [0.1, 0.15) is 29.9 Å². The van der Waals surface area contributed by atoms with E-state index in [0.29, 0.717) is 29.2 Å². The lowest BCUT2D eigenvalue weighted by Gasteiger charge is -2.23. The van der Waals surface area contributed by atoms with Gasteiger partial charge >= 0.3 is 0 Å². The maximum absolute atomic E-state index is 8.74.